The zero-order chi connectivity index (χ0) is 15.4. The highest BCUT2D eigenvalue weighted by Crippen LogP contribution is 2.27. The number of nitrogens with two attached hydrogens (primary N) is 1. The van der Waals surface area contributed by atoms with Gasteiger partial charge in [-0.2, -0.15) is 0 Å². The van der Waals surface area contributed by atoms with Gasteiger partial charge in [0.05, 0.1) is 6.04 Å². The highest BCUT2D eigenvalue weighted by atomic mass is 79.9. The zero-order valence-electron chi connectivity index (χ0n) is 12.2. The largest absolute Gasteiger partial charge is 0.271 e. The molecular formula is C17H20BrFN2. The van der Waals surface area contributed by atoms with Gasteiger partial charge < -0.3 is 0 Å². The normalized spacial score (nSPS) is 12.7. The molecule has 4 heteroatoms. The van der Waals surface area contributed by atoms with Gasteiger partial charge in [0.25, 0.3) is 0 Å². The van der Waals surface area contributed by atoms with Crippen molar-refractivity contribution in [3.63, 3.8) is 0 Å². The Labute approximate surface area is 133 Å². The van der Waals surface area contributed by atoms with Crippen LogP contribution in [-0.2, 0) is 6.42 Å². The second-order valence-electron chi connectivity index (χ2n) is 5.49. The SMILES string of the molecule is CC(C)c1ccc(CC(NN)c2ccc(F)cc2Br)cc1. The Morgan fingerprint density at radius 1 is 1.14 bits per heavy atom. The molecule has 3 N–H and O–H groups in total. The van der Waals surface area contributed by atoms with E-state index in [-0.39, 0.29) is 11.9 Å². The summed E-state index contributed by atoms with van der Waals surface area (Å²) in [6.07, 6.45) is 0.749. The van der Waals surface area contributed by atoms with Crippen LogP contribution in [0.2, 0.25) is 0 Å². The summed E-state index contributed by atoms with van der Waals surface area (Å²) in [4.78, 5) is 0. The Kier molecular flexibility index (Phi) is 5.51. The molecule has 2 rings (SSSR count). The number of benzene rings is 2. The van der Waals surface area contributed by atoms with E-state index in [2.05, 4.69) is 59.5 Å². The van der Waals surface area contributed by atoms with E-state index in [0.29, 0.717) is 5.92 Å². The summed E-state index contributed by atoms with van der Waals surface area (Å²) in [6.45, 7) is 4.35. The second-order valence-corrected chi connectivity index (χ2v) is 6.34. The maximum atomic E-state index is 13.2. The second kappa shape index (κ2) is 7.16. The molecule has 21 heavy (non-hydrogen) atoms. The van der Waals surface area contributed by atoms with Gasteiger partial charge in [-0.25, -0.2) is 4.39 Å². The molecule has 0 saturated carbocycles. The predicted molar refractivity (Wildman–Crippen MR) is 88.4 cm³/mol. The molecule has 2 aromatic rings. The minimum absolute atomic E-state index is 0.0649. The average molecular weight is 351 g/mol. The average Bonchev–Trinajstić information content (AvgIpc) is 2.46. The fraction of sp³-hybridized carbons (Fsp3) is 0.294. The van der Waals surface area contributed by atoms with Crippen LogP contribution in [0, 0.1) is 5.82 Å². The molecular weight excluding hydrogens is 331 g/mol. The first-order valence-electron chi connectivity index (χ1n) is 7.01. The summed E-state index contributed by atoms with van der Waals surface area (Å²) in [6, 6.07) is 13.1. The molecule has 112 valence electrons. The van der Waals surface area contributed by atoms with Crippen LogP contribution in [0.3, 0.4) is 0 Å². The molecule has 0 aromatic heterocycles. The van der Waals surface area contributed by atoms with Crippen LogP contribution in [0.5, 0.6) is 0 Å². The Morgan fingerprint density at radius 2 is 1.81 bits per heavy atom. The molecule has 0 aliphatic rings. The monoisotopic (exact) mass is 350 g/mol. The first-order chi connectivity index (χ1) is 10.0. The first kappa shape index (κ1) is 16.1. The van der Waals surface area contributed by atoms with Crippen molar-refractivity contribution in [3.8, 4) is 0 Å². The topological polar surface area (TPSA) is 38.0 Å². The third-order valence-corrected chi connectivity index (χ3v) is 4.31. The van der Waals surface area contributed by atoms with Gasteiger partial charge in [0, 0.05) is 4.47 Å². The van der Waals surface area contributed by atoms with Crippen LogP contribution in [0.15, 0.2) is 46.9 Å². The van der Waals surface area contributed by atoms with Gasteiger partial charge in [-0.05, 0) is 41.2 Å². The lowest BCUT2D eigenvalue weighted by atomic mass is 9.96. The molecule has 0 amide bonds. The molecule has 0 bridgehead atoms. The number of hydrogen-bond acceptors (Lipinski definition) is 2. The lowest BCUT2D eigenvalue weighted by Crippen LogP contribution is -2.29. The van der Waals surface area contributed by atoms with Crippen LogP contribution in [-0.4, -0.2) is 0 Å². The molecule has 1 atom stereocenters. The van der Waals surface area contributed by atoms with Crippen LogP contribution >= 0.6 is 15.9 Å². The highest BCUT2D eigenvalue weighted by Gasteiger charge is 2.14. The number of rotatable bonds is 5. The summed E-state index contributed by atoms with van der Waals surface area (Å²) in [5.41, 5.74) is 6.27. The van der Waals surface area contributed by atoms with Gasteiger partial charge in [-0.1, -0.05) is 60.1 Å². The smallest absolute Gasteiger partial charge is 0.124 e. The minimum Gasteiger partial charge on any atom is -0.271 e. The van der Waals surface area contributed by atoms with E-state index in [1.54, 1.807) is 6.07 Å². The molecule has 2 nitrogen and oxygen atoms in total. The van der Waals surface area contributed by atoms with E-state index in [1.807, 2.05) is 0 Å². The lowest BCUT2D eigenvalue weighted by molar-refractivity contribution is 0.547. The Balaban J connectivity index is 2.18. The number of hydrogen-bond donors (Lipinski definition) is 2. The fourth-order valence-corrected chi connectivity index (χ4v) is 2.94. The van der Waals surface area contributed by atoms with Crippen LogP contribution in [0.25, 0.3) is 0 Å². The zero-order valence-corrected chi connectivity index (χ0v) is 13.8. The van der Waals surface area contributed by atoms with E-state index in [0.717, 1.165) is 16.5 Å². The summed E-state index contributed by atoms with van der Waals surface area (Å²) in [7, 11) is 0. The molecule has 0 aliphatic heterocycles. The van der Waals surface area contributed by atoms with Crippen molar-refractivity contribution in [1.82, 2.24) is 5.43 Å². The molecule has 2 aromatic carbocycles. The van der Waals surface area contributed by atoms with Crippen molar-refractivity contribution in [2.75, 3.05) is 0 Å². The maximum Gasteiger partial charge on any atom is 0.124 e. The summed E-state index contributed by atoms with van der Waals surface area (Å²) in [5, 5.41) is 0. The highest BCUT2D eigenvalue weighted by molar-refractivity contribution is 9.10. The lowest BCUT2D eigenvalue weighted by Gasteiger charge is -2.18. The fourth-order valence-electron chi connectivity index (χ4n) is 2.32. The van der Waals surface area contributed by atoms with Gasteiger partial charge in [0.15, 0.2) is 0 Å². The third-order valence-electron chi connectivity index (χ3n) is 3.63. The van der Waals surface area contributed by atoms with Crippen molar-refractivity contribution < 1.29 is 4.39 Å². The maximum absolute atomic E-state index is 13.2. The molecule has 0 aliphatic carbocycles. The van der Waals surface area contributed by atoms with E-state index < -0.39 is 0 Å². The number of nitrogens with one attached hydrogen (secondary N) is 1. The standard InChI is InChI=1S/C17H20BrFN2/c1-11(2)13-5-3-12(4-6-13)9-17(21-20)15-8-7-14(19)10-16(15)18/h3-8,10-11,17,21H,9,20H2,1-2H3. The van der Waals surface area contributed by atoms with Crippen LogP contribution in [0.1, 0.15) is 42.5 Å². The Morgan fingerprint density at radius 3 is 2.33 bits per heavy atom. The van der Waals surface area contributed by atoms with Crippen molar-refractivity contribution >= 4 is 15.9 Å². The van der Waals surface area contributed by atoms with E-state index in [9.17, 15) is 4.39 Å². The van der Waals surface area contributed by atoms with Crippen LogP contribution < -0.4 is 11.3 Å². The first-order valence-corrected chi connectivity index (χ1v) is 7.80. The Hall–Kier alpha value is -1.23. The number of halogens is 2. The van der Waals surface area contributed by atoms with E-state index in [4.69, 9.17) is 5.84 Å². The van der Waals surface area contributed by atoms with Crippen molar-refractivity contribution in [3.05, 3.63) is 69.4 Å². The van der Waals surface area contributed by atoms with Crippen molar-refractivity contribution in [2.45, 2.75) is 32.2 Å². The van der Waals surface area contributed by atoms with Crippen molar-refractivity contribution in [2.24, 2.45) is 5.84 Å². The molecule has 0 spiro atoms. The quantitative estimate of drug-likeness (QED) is 0.617. The summed E-state index contributed by atoms with van der Waals surface area (Å²) >= 11 is 3.40. The van der Waals surface area contributed by atoms with Gasteiger partial charge in [-0.3, -0.25) is 11.3 Å². The third kappa shape index (κ3) is 4.13. The predicted octanol–water partition coefficient (Wildman–Crippen LogP) is 4.46. The molecule has 0 fully saturated rings. The Bertz CT molecular complexity index is 596. The van der Waals surface area contributed by atoms with Gasteiger partial charge in [0.1, 0.15) is 5.82 Å². The molecule has 0 saturated heterocycles. The van der Waals surface area contributed by atoms with Gasteiger partial charge >= 0.3 is 0 Å². The summed E-state index contributed by atoms with van der Waals surface area (Å²) in [5.74, 6) is 5.93. The van der Waals surface area contributed by atoms with Crippen molar-refractivity contribution in [1.29, 1.82) is 0 Å². The molecule has 0 heterocycles. The van der Waals surface area contributed by atoms with Gasteiger partial charge in [-0.15, -0.1) is 0 Å². The van der Waals surface area contributed by atoms with Crippen LogP contribution in [0.4, 0.5) is 4.39 Å². The molecule has 1 unspecified atom stereocenters. The van der Waals surface area contributed by atoms with E-state index in [1.165, 1.54) is 23.3 Å². The minimum atomic E-state index is -0.261. The molecule has 0 radical (unpaired) electrons. The summed E-state index contributed by atoms with van der Waals surface area (Å²) < 4.78 is 13.9. The van der Waals surface area contributed by atoms with E-state index >= 15 is 0 Å². The van der Waals surface area contributed by atoms with Gasteiger partial charge in [0.2, 0.25) is 0 Å². The number of hydrazine groups is 1.